The maximum atomic E-state index is 13.6. The minimum Gasteiger partial charge on any atom is -0.494 e. The number of aryl methyl sites for hydroxylation is 2. The number of nitrogens with zero attached hydrogens (tertiary/aromatic N) is 7. The molecule has 2 saturated heterocycles. The van der Waals surface area contributed by atoms with Crippen molar-refractivity contribution in [1.29, 1.82) is 0 Å². The van der Waals surface area contributed by atoms with Crippen LogP contribution in [0.1, 0.15) is 43.9 Å². The molecular formula is C38H51ClN9O2P. The van der Waals surface area contributed by atoms with Gasteiger partial charge in [-0.1, -0.05) is 24.6 Å². The summed E-state index contributed by atoms with van der Waals surface area (Å²) in [4.78, 5) is 16.9. The Kier molecular flexibility index (Phi) is 10.6. The Morgan fingerprint density at radius 1 is 0.961 bits per heavy atom. The highest BCUT2D eigenvalue weighted by Gasteiger charge is 2.28. The maximum absolute atomic E-state index is 13.6. The number of ether oxygens (including phenoxy) is 1. The molecule has 4 aromatic rings. The number of hydrogen-bond donors (Lipinski definition) is 2. The predicted molar refractivity (Wildman–Crippen MR) is 210 cm³/mol. The lowest BCUT2D eigenvalue weighted by atomic mass is 9.99. The first kappa shape index (κ1) is 35.8. The van der Waals surface area contributed by atoms with E-state index >= 15 is 0 Å². The summed E-state index contributed by atoms with van der Waals surface area (Å²) >= 11 is 6.66. The minimum absolute atomic E-state index is 0.361. The molecule has 51 heavy (non-hydrogen) atoms. The summed E-state index contributed by atoms with van der Waals surface area (Å²) in [6.07, 6.45) is 10.0. The molecule has 272 valence electrons. The summed E-state index contributed by atoms with van der Waals surface area (Å²) in [5.74, 6) is 1.53. The van der Waals surface area contributed by atoms with E-state index in [0.717, 1.165) is 86.3 Å². The zero-order chi connectivity index (χ0) is 35.7. The van der Waals surface area contributed by atoms with Crippen LogP contribution in [0, 0.1) is 0 Å². The van der Waals surface area contributed by atoms with Gasteiger partial charge in [-0.3, -0.25) is 9.58 Å². The van der Waals surface area contributed by atoms with Crippen LogP contribution >= 0.6 is 18.7 Å². The zero-order valence-electron chi connectivity index (χ0n) is 30.6. The molecule has 0 saturated carbocycles. The minimum atomic E-state index is -2.70. The van der Waals surface area contributed by atoms with Crippen molar-refractivity contribution in [3.63, 3.8) is 0 Å². The van der Waals surface area contributed by atoms with Crippen LogP contribution in [0.3, 0.4) is 0 Å². The Morgan fingerprint density at radius 3 is 2.47 bits per heavy atom. The van der Waals surface area contributed by atoms with Gasteiger partial charge in [0.05, 0.1) is 30.9 Å². The first-order valence-corrected chi connectivity index (χ1v) is 21.3. The zero-order valence-corrected chi connectivity index (χ0v) is 32.2. The second kappa shape index (κ2) is 15.2. The highest BCUT2D eigenvalue weighted by Crippen LogP contribution is 2.42. The van der Waals surface area contributed by atoms with E-state index in [9.17, 15) is 4.57 Å². The molecule has 5 heterocycles. The number of piperazine rings is 1. The van der Waals surface area contributed by atoms with Gasteiger partial charge in [0.1, 0.15) is 17.9 Å². The van der Waals surface area contributed by atoms with Crippen molar-refractivity contribution in [1.82, 2.24) is 29.5 Å². The topological polar surface area (TPSA) is 104 Å². The number of nitrogens with one attached hydrogen (secondary N) is 2. The van der Waals surface area contributed by atoms with Crippen molar-refractivity contribution in [2.45, 2.75) is 58.0 Å². The van der Waals surface area contributed by atoms with Gasteiger partial charge >= 0.3 is 0 Å². The van der Waals surface area contributed by atoms with Crippen molar-refractivity contribution < 1.29 is 9.30 Å². The van der Waals surface area contributed by atoms with Gasteiger partial charge in [0.2, 0.25) is 5.95 Å². The van der Waals surface area contributed by atoms with Crippen LogP contribution in [-0.4, -0.2) is 102 Å². The summed E-state index contributed by atoms with van der Waals surface area (Å²) in [5.41, 5.74) is 7.32. The fourth-order valence-electron chi connectivity index (χ4n) is 7.79. The molecule has 3 aliphatic heterocycles. The third-order valence-electron chi connectivity index (χ3n) is 10.8. The molecule has 0 amide bonds. The molecule has 0 aliphatic carbocycles. The van der Waals surface area contributed by atoms with Crippen LogP contribution < -0.4 is 25.6 Å². The summed E-state index contributed by atoms with van der Waals surface area (Å²) in [6, 6.07) is 11.0. The van der Waals surface area contributed by atoms with Gasteiger partial charge in [-0.15, -0.1) is 0 Å². The van der Waals surface area contributed by atoms with E-state index in [1.807, 2.05) is 18.3 Å². The quantitative estimate of drug-likeness (QED) is 0.168. The fraction of sp³-hybridized carbons (Fsp3) is 0.500. The van der Waals surface area contributed by atoms with Crippen LogP contribution in [0.15, 0.2) is 42.7 Å². The molecule has 2 fully saturated rings. The largest absolute Gasteiger partial charge is 0.494 e. The third-order valence-corrected chi connectivity index (χ3v) is 12.6. The second-order valence-electron chi connectivity index (χ2n) is 14.5. The lowest BCUT2D eigenvalue weighted by molar-refractivity contribution is 0.0982. The summed E-state index contributed by atoms with van der Waals surface area (Å²) in [5, 5.41) is 12.5. The highest BCUT2D eigenvalue weighted by molar-refractivity contribution is 7.70. The van der Waals surface area contributed by atoms with Crippen LogP contribution in [0.2, 0.25) is 5.02 Å². The molecule has 2 aromatic heterocycles. The molecule has 7 rings (SSSR count). The van der Waals surface area contributed by atoms with Crippen LogP contribution in [-0.2, 0) is 24.0 Å². The van der Waals surface area contributed by atoms with Crippen LogP contribution in [0.4, 0.5) is 28.8 Å². The first-order chi connectivity index (χ1) is 24.6. The smallest absolute Gasteiger partial charge is 0.229 e. The van der Waals surface area contributed by atoms with E-state index in [4.69, 9.17) is 21.3 Å². The molecule has 11 nitrogen and oxygen atoms in total. The molecule has 0 bridgehead atoms. The van der Waals surface area contributed by atoms with Gasteiger partial charge in [-0.2, -0.15) is 10.1 Å². The molecule has 0 atom stereocenters. The van der Waals surface area contributed by atoms with Crippen molar-refractivity contribution in [3.05, 3.63) is 59.0 Å². The normalized spacial score (nSPS) is 17.7. The second-order valence-corrected chi connectivity index (χ2v) is 18.1. The average Bonchev–Trinajstić information content (AvgIpc) is 3.57. The first-order valence-electron chi connectivity index (χ1n) is 18.3. The van der Waals surface area contributed by atoms with Gasteiger partial charge in [0.25, 0.3) is 0 Å². The van der Waals surface area contributed by atoms with Gasteiger partial charge in [0, 0.05) is 80.2 Å². The molecule has 0 spiro atoms. The molecule has 0 radical (unpaired) electrons. The number of rotatable bonds is 10. The van der Waals surface area contributed by atoms with E-state index in [0.29, 0.717) is 28.5 Å². The van der Waals surface area contributed by atoms with Crippen molar-refractivity contribution >= 4 is 52.9 Å². The summed E-state index contributed by atoms with van der Waals surface area (Å²) in [6.45, 7) is 13.4. The Morgan fingerprint density at radius 2 is 1.75 bits per heavy atom. The summed E-state index contributed by atoms with van der Waals surface area (Å²) in [7, 11) is 1.22. The van der Waals surface area contributed by atoms with E-state index < -0.39 is 7.14 Å². The number of aromatic nitrogens is 4. The maximum Gasteiger partial charge on any atom is 0.229 e. The lowest BCUT2D eigenvalue weighted by Crippen LogP contribution is -2.52. The van der Waals surface area contributed by atoms with Crippen LogP contribution in [0.25, 0.3) is 11.1 Å². The fourth-order valence-corrected chi connectivity index (χ4v) is 9.09. The number of fused-ring (bicyclic) bond motifs is 1. The number of benzene rings is 2. The van der Waals surface area contributed by atoms with Gasteiger partial charge in [0.15, 0.2) is 5.82 Å². The van der Waals surface area contributed by atoms with Crippen molar-refractivity contribution in [2.75, 3.05) is 82.3 Å². The number of piperidine rings is 1. The molecular weight excluding hydrogens is 681 g/mol. The molecule has 3 aliphatic rings. The van der Waals surface area contributed by atoms with E-state index in [-0.39, 0.29) is 0 Å². The van der Waals surface area contributed by atoms with Gasteiger partial charge in [-0.25, -0.2) is 4.98 Å². The number of methoxy groups -OCH3 is 1. The number of anilines is 5. The third kappa shape index (κ3) is 7.77. The monoisotopic (exact) mass is 731 g/mol. The van der Waals surface area contributed by atoms with Crippen molar-refractivity contribution in [3.8, 4) is 16.9 Å². The molecule has 0 unspecified atom stereocenters. The SMILES string of the molecule is CCc1cc(Nc2ncc(Cl)c(Nc3ccc(-c4cnn5c4CCCC5)cc3P(C)(C)=O)n2)c(OC)cc1N1CCC(N2CCN(C)CC2)CC1. The van der Waals surface area contributed by atoms with Gasteiger partial charge < -0.3 is 29.7 Å². The molecule has 2 aromatic carbocycles. The lowest BCUT2D eigenvalue weighted by Gasteiger charge is -2.43. The summed E-state index contributed by atoms with van der Waals surface area (Å²) < 4.78 is 21.7. The average molecular weight is 732 g/mol. The van der Waals surface area contributed by atoms with E-state index in [1.54, 1.807) is 26.6 Å². The van der Waals surface area contributed by atoms with Crippen molar-refractivity contribution in [2.24, 2.45) is 0 Å². The standard InChI is InChI=1S/C38H51ClN9O2P/c1-6-26-21-32(35(50-3)23-34(26)47-15-12-28(13-16-47)46-19-17-45(2)18-20-46)43-38-40-25-30(39)37(44-38)42-31-11-10-27(22-36(31)51(4,5)49)29-24-41-48-14-8-7-9-33(29)48/h10-11,21-25,28H,6-9,12-20H2,1-5H3,(H2,40,42,43,44). The highest BCUT2D eigenvalue weighted by atomic mass is 35.5. The van der Waals surface area contributed by atoms with E-state index in [1.165, 1.54) is 42.9 Å². The Balaban J connectivity index is 1.10. The predicted octanol–water partition coefficient (Wildman–Crippen LogP) is 6.85. The number of likely N-dealkylation sites (N-methyl/N-ethyl adjacent to an activating group) is 1. The number of halogens is 1. The van der Waals surface area contributed by atoms with Crippen LogP contribution in [0.5, 0.6) is 5.75 Å². The molecule has 13 heteroatoms. The Hall–Kier alpha value is -3.63. The number of hydrogen-bond acceptors (Lipinski definition) is 10. The van der Waals surface area contributed by atoms with Gasteiger partial charge in [-0.05, 0) is 88.2 Å². The Labute approximate surface area is 307 Å². The Bertz CT molecular complexity index is 1910. The van der Waals surface area contributed by atoms with E-state index in [2.05, 4.69) is 72.3 Å². The molecule has 2 N–H and O–H groups in total.